The number of carbonyl (C=O) groups excluding carboxylic acids is 2. The van der Waals surface area contributed by atoms with Crippen LogP contribution in [0, 0.1) is 0 Å². The van der Waals surface area contributed by atoms with E-state index in [0.717, 1.165) is 28.0 Å². The number of ether oxygens (including phenoxy) is 1. The van der Waals surface area contributed by atoms with Crippen molar-refractivity contribution < 1.29 is 14.3 Å². The van der Waals surface area contributed by atoms with Gasteiger partial charge in [-0.3, -0.25) is 9.59 Å². The molecule has 3 aromatic rings. The number of carbonyl (C=O) groups is 2. The van der Waals surface area contributed by atoms with Crippen molar-refractivity contribution >= 4 is 40.5 Å². The molecule has 142 valence electrons. The van der Waals surface area contributed by atoms with Gasteiger partial charge in [-0.2, -0.15) is 0 Å². The molecule has 11 heteroatoms. The molecule has 1 aliphatic carbocycles. The number of hydrogen-bond donors (Lipinski definition) is 2. The minimum Gasteiger partial charge on any atom is -0.444 e. The number of fused-ring (bicyclic) bond motifs is 3. The van der Waals surface area contributed by atoms with Crippen LogP contribution in [-0.2, 0) is 17.6 Å². The molecule has 0 unspecified atom stereocenters. The van der Waals surface area contributed by atoms with E-state index in [2.05, 4.69) is 25.0 Å². The Morgan fingerprint density at radius 2 is 2.14 bits per heavy atom. The first-order valence-electron chi connectivity index (χ1n) is 8.23. The van der Waals surface area contributed by atoms with Crippen LogP contribution in [0.1, 0.15) is 27.7 Å². The molecule has 2 amide bonds. The third kappa shape index (κ3) is 3.37. The van der Waals surface area contributed by atoms with Gasteiger partial charge in [0.1, 0.15) is 16.4 Å². The summed E-state index contributed by atoms with van der Waals surface area (Å²) >= 11 is 2.56. The van der Waals surface area contributed by atoms with E-state index in [1.807, 2.05) is 6.20 Å². The van der Waals surface area contributed by atoms with Crippen LogP contribution in [0.25, 0.3) is 10.4 Å². The van der Waals surface area contributed by atoms with Gasteiger partial charge >= 0.3 is 5.91 Å². The first-order chi connectivity index (χ1) is 13.6. The van der Waals surface area contributed by atoms with Crippen molar-refractivity contribution in [3.63, 3.8) is 0 Å². The van der Waals surface area contributed by atoms with Crippen LogP contribution in [-0.4, -0.2) is 21.2 Å². The summed E-state index contributed by atoms with van der Waals surface area (Å²) in [6.45, 7) is 1.41. The van der Waals surface area contributed by atoms with Crippen molar-refractivity contribution in [1.82, 2.24) is 9.36 Å². The molecule has 28 heavy (non-hydrogen) atoms. The normalized spacial score (nSPS) is 12.5. The van der Waals surface area contributed by atoms with Gasteiger partial charge in [0.15, 0.2) is 5.06 Å². The summed E-state index contributed by atoms with van der Waals surface area (Å²) in [6, 6.07) is 3.34. The molecule has 9 nitrogen and oxygen atoms in total. The number of thiophene rings is 1. The summed E-state index contributed by atoms with van der Waals surface area (Å²) in [7, 11) is 0. The molecule has 0 radical (unpaired) electrons. The number of hydrogen-bond acceptors (Lipinski definition) is 8. The molecule has 3 N–H and O–H groups in total. The molecule has 4 rings (SSSR count). The van der Waals surface area contributed by atoms with Gasteiger partial charge in [-0.25, -0.2) is 9.36 Å². The molecule has 0 aliphatic heterocycles. The average molecular weight is 414 g/mol. The fourth-order valence-electron chi connectivity index (χ4n) is 2.96. The molecule has 0 atom stereocenters. The molecule has 0 aromatic carbocycles. The van der Waals surface area contributed by atoms with Crippen molar-refractivity contribution in [2.24, 2.45) is 16.2 Å². The predicted octanol–water partition coefficient (Wildman–Crippen LogP) is 3.58. The molecule has 0 bridgehead atoms. The minimum atomic E-state index is -0.495. The SMILES string of the molecule is CC(=O)Nc1ccc(Oc2sc(C(=O)N=NN)c3c2-c2sncc2CC3)cn1. The highest BCUT2D eigenvalue weighted by molar-refractivity contribution is 7.17. The molecule has 0 fully saturated rings. The van der Waals surface area contributed by atoms with E-state index in [0.29, 0.717) is 27.9 Å². The van der Waals surface area contributed by atoms with Crippen LogP contribution in [0.3, 0.4) is 0 Å². The van der Waals surface area contributed by atoms with Gasteiger partial charge in [0.25, 0.3) is 0 Å². The Labute approximate surface area is 167 Å². The summed E-state index contributed by atoms with van der Waals surface area (Å²) < 4.78 is 10.3. The lowest BCUT2D eigenvalue weighted by molar-refractivity contribution is -0.114. The fourth-order valence-corrected chi connectivity index (χ4v) is 4.99. The summed E-state index contributed by atoms with van der Waals surface area (Å²) in [4.78, 5) is 29.0. The Hall–Kier alpha value is -3.18. The lowest BCUT2D eigenvalue weighted by atomic mass is 9.93. The van der Waals surface area contributed by atoms with Crippen molar-refractivity contribution in [3.05, 3.63) is 40.5 Å². The molecular formula is C17H14N6O3S2. The summed E-state index contributed by atoms with van der Waals surface area (Å²) in [5.74, 6) is 5.26. The van der Waals surface area contributed by atoms with Crippen LogP contribution in [0.15, 0.2) is 34.9 Å². The zero-order chi connectivity index (χ0) is 19.7. The first kappa shape index (κ1) is 18.2. The number of anilines is 1. The van der Waals surface area contributed by atoms with Crippen LogP contribution in [0.4, 0.5) is 5.82 Å². The van der Waals surface area contributed by atoms with Crippen molar-refractivity contribution in [3.8, 4) is 21.3 Å². The third-order valence-corrected chi connectivity index (χ3v) is 6.04. The van der Waals surface area contributed by atoms with Crippen LogP contribution in [0.5, 0.6) is 10.8 Å². The second-order valence-electron chi connectivity index (χ2n) is 5.94. The zero-order valence-corrected chi connectivity index (χ0v) is 16.3. The standard InChI is InChI=1S/C17H14N6O3S2/c1-8(24)21-12-5-3-10(7-19-12)26-17-13-11(15(27-17)16(25)22-23-18)4-2-9-6-20-28-14(9)13/h3,5-7H,2,4H2,1H3,(H2,18,22,25)(H,19,21,24). The molecule has 3 heterocycles. The minimum absolute atomic E-state index is 0.205. The molecule has 0 saturated heterocycles. The van der Waals surface area contributed by atoms with Gasteiger partial charge in [0.2, 0.25) is 5.91 Å². The maximum absolute atomic E-state index is 12.3. The van der Waals surface area contributed by atoms with Crippen LogP contribution < -0.4 is 15.9 Å². The van der Waals surface area contributed by atoms with Gasteiger partial charge in [-0.1, -0.05) is 21.7 Å². The van der Waals surface area contributed by atoms with Crippen molar-refractivity contribution in [2.75, 3.05) is 5.32 Å². The number of rotatable bonds is 4. The smallest absolute Gasteiger partial charge is 0.307 e. The lowest BCUT2D eigenvalue weighted by Gasteiger charge is -2.14. The van der Waals surface area contributed by atoms with Gasteiger partial charge in [0.05, 0.1) is 16.6 Å². The average Bonchev–Trinajstić information content (AvgIpc) is 3.27. The molecule has 1 aliphatic rings. The number of pyridine rings is 1. The Morgan fingerprint density at radius 1 is 1.29 bits per heavy atom. The highest BCUT2D eigenvalue weighted by Crippen LogP contribution is 2.50. The monoisotopic (exact) mass is 414 g/mol. The quantitative estimate of drug-likeness (QED) is 0.381. The Kier molecular flexibility index (Phi) is 4.84. The number of nitrogens with zero attached hydrogens (tertiary/aromatic N) is 4. The third-order valence-electron chi connectivity index (χ3n) is 4.08. The van der Waals surface area contributed by atoms with Crippen molar-refractivity contribution in [2.45, 2.75) is 19.8 Å². The van der Waals surface area contributed by atoms with E-state index >= 15 is 0 Å². The number of aryl methyl sites for hydroxylation is 1. The van der Waals surface area contributed by atoms with Crippen LogP contribution >= 0.6 is 22.9 Å². The van der Waals surface area contributed by atoms with E-state index in [9.17, 15) is 9.59 Å². The van der Waals surface area contributed by atoms with Gasteiger partial charge in [-0.15, -0.1) is 0 Å². The lowest BCUT2D eigenvalue weighted by Crippen LogP contribution is -2.06. The number of amides is 2. The zero-order valence-electron chi connectivity index (χ0n) is 14.6. The highest BCUT2D eigenvalue weighted by atomic mass is 32.1. The molecular weight excluding hydrogens is 400 g/mol. The molecule has 0 spiro atoms. The van der Waals surface area contributed by atoms with Gasteiger partial charge < -0.3 is 15.9 Å². The number of nitrogens with one attached hydrogen (secondary N) is 1. The molecule has 3 aromatic heterocycles. The van der Waals surface area contributed by atoms with Gasteiger partial charge in [-0.05, 0) is 47.6 Å². The van der Waals surface area contributed by atoms with E-state index in [-0.39, 0.29) is 5.91 Å². The van der Waals surface area contributed by atoms with Crippen LogP contribution in [0.2, 0.25) is 0 Å². The van der Waals surface area contributed by atoms with E-state index in [1.54, 1.807) is 12.1 Å². The predicted molar refractivity (Wildman–Crippen MR) is 105 cm³/mol. The second-order valence-corrected chi connectivity index (χ2v) is 7.72. The van der Waals surface area contributed by atoms with E-state index in [1.165, 1.54) is 36.0 Å². The molecule has 0 saturated carbocycles. The summed E-state index contributed by atoms with van der Waals surface area (Å²) in [5.41, 5.74) is 2.85. The van der Waals surface area contributed by atoms with E-state index < -0.39 is 5.91 Å². The maximum Gasteiger partial charge on any atom is 0.307 e. The topological polar surface area (TPSA) is 132 Å². The maximum atomic E-state index is 12.3. The Bertz CT molecular complexity index is 1090. The Balaban J connectivity index is 1.73. The second kappa shape index (κ2) is 7.44. The number of nitrogens with two attached hydrogens (primary N) is 1. The van der Waals surface area contributed by atoms with Crippen molar-refractivity contribution in [1.29, 1.82) is 0 Å². The highest BCUT2D eigenvalue weighted by Gasteiger charge is 2.30. The largest absolute Gasteiger partial charge is 0.444 e. The summed E-state index contributed by atoms with van der Waals surface area (Å²) in [5, 5.41) is 9.73. The Morgan fingerprint density at radius 3 is 2.86 bits per heavy atom. The fraction of sp³-hybridized carbons (Fsp3) is 0.176. The first-order valence-corrected chi connectivity index (χ1v) is 9.82. The summed E-state index contributed by atoms with van der Waals surface area (Å²) in [6.07, 6.45) is 4.83. The van der Waals surface area contributed by atoms with E-state index in [4.69, 9.17) is 10.6 Å². The number of aromatic nitrogens is 2. The van der Waals surface area contributed by atoms with Gasteiger partial charge in [0, 0.05) is 13.1 Å².